The largest absolute Gasteiger partial charge is 0.306 e. The summed E-state index contributed by atoms with van der Waals surface area (Å²) in [6, 6.07) is 9.56. The third kappa shape index (κ3) is 1.87. The van der Waals surface area contributed by atoms with Crippen molar-refractivity contribution in [1.82, 2.24) is 9.97 Å². The average Bonchev–Trinajstić information content (AvgIpc) is 2.45. The predicted octanol–water partition coefficient (Wildman–Crippen LogP) is 3.18. The Morgan fingerprint density at radius 2 is 1.80 bits per heavy atom. The van der Waals surface area contributed by atoms with Gasteiger partial charge in [-0.3, -0.25) is 4.79 Å². The molecule has 0 aliphatic heterocycles. The van der Waals surface area contributed by atoms with Gasteiger partial charge in [0.2, 0.25) is 0 Å². The number of nitrogens with zero attached hydrogens (tertiary/aromatic N) is 1. The SMILES string of the molecule is Cc1ccc(-c2nc3ccccc3c(=O)[nH]2)c(F)c1F. The lowest BCUT2D eigenvalue weighted by molar-refractivity contribution is 0.505. The third-order valence-electron chi connectivity index (χ3n) is 3.14. The van der Waals surface area contributed by atoms with Crippen molar-refractivity contribution in [3.63, 3.8) is 0 Å². The minimum Gasteiger partial charge on any atom is -0.306 e. The van der Waals surface area contributed by atoms with Gasteiger partial charge in [-0.15, -0.1) is 0 Å². The molecule has 0 bridgehead atoms. The highest BCUT2D eigenvalue weighted by Crippen LogP contribution is 2.23. The maximum atomic E-state index is 13.9. The fourth-order valence-electron chi connectivity index (χ4n) is 2.04. The van der Waals surface area contributed by atoms with Gasteiger partial charge < -0.3 is 4.98 Å². The van der Waals surface area contributed by atoms with Crippen LogP contribution in [0.15, 0.2) is 41.2 Å². The molecule has 0 aliphatic rings. The van der Waals surface area contributed by atoms with Crippen molar-refractivity contribution in [2.45, 2.75) is 6.92 Å². The molecular formula is C15H10F2N2O. The van der Waals surface area contributed by atoms with E-state index in [1.54, 1.807) is 24.3 Å². The number of hydrogen-bond donors (Lipinski definition) is 1. The zero-order chi connectivity index (χ0) is 14.3. The van der Waals surface area contributed by atoms with Crippen LogP contribution in [0, 0.1) is 18.6 Å². The van der Waals surface area contributed by atoms with E-state index in [9.17, 15) is 13.6 Å². The van der Waals surface area contributed by atoms with E-state index >= 15 is 0 Å². The molecule has 1 heterocycles. The van der Waals surface area contributed by atoms with E-state index in [2.05, 4.69) is 9.97 Å². The first-order chi connectivity index (χ1) is 9.58. The number of para-hydroxylation sites is 1. The molecule has 0 saturated heterocycles. The van der Waals surface area contributed by atoms with Crippen molar-refractivity contribution in [1.29, 1.82) is 0 Å². The third-order valence-corrected chi connectivity index (χ3v) is 3.14. The van der Waals surface area contributed by atoms with E-state index in [4.69, 9.17) is 0 Å². The molecule has 20 heavy (non-hydrogen) atoms. The van der Waals surface area contributed by atoms with Crippen molar-refractivity contribution >= 4 is 10.9 Å². The number of benzene rings is 2. The molecule has 0 radical (unpaired) electrons. The van der Waals surface area contributed by atoms with Crippen LogP contribution in [0.1, 0.15) is 5.56 Å². The van der Waals surface area contributed by atoms with E-state index in [1.807, 2.05) is 0 Å². The summed E-state index contributed by atoms with van der Waals surface area (Å²) < 4.78 is 27.5. The van der Waals surface area contributed by atoms with Gasteiger partial charge in [-0.2, -0.15) is 0 Å². The number of aromatic amines is 1. The summed E-state index contributed by atoms with van der Waals surface area (Å²) in [7, 11) is 0. The van der Waals surface area contributed by atoms with Crippen molar-refractivity contribution in [2.75, 3.05) is 0 Å². The minimum atomic E-state index is -1.01. The highest BCUT2D eigenvalue weighted by molar-refractivity contribution is 5.79. The molecule has 0 unspecified atom stereocenters. The summed E-state index contributed by atoms with van der Waals surface area (Å²) in [6.45, 7) is 1.47. The van der Waals surface area contributed by atoms with Crippen LogP contribution in [-0.4, -0.2) is 9.97 Å². The Bertz CT molecular complexity index is 871. The second kappa shape index (κ2) is 4.52. The first kappa shape index (κ1) is 12.5. The van der Waals surface area contributed by atoms with Crippen molar-refractivity contribution in [3.05, 3.63) is 63.9 Å². The molecule has 0 atom stereocenters. The standard InChI is InChI=1S/C15H10F2N2O/c1-8-6-7-10(13(17)12(8)16)14-18-11-5-3-2-4-9(11)15(20)19-14/h2-7H,1H3,(H,18,19,20). The molecule has 0 amide bonds. The second-order valence-corrected chi connectivity index (χ2v) is 4.49. The molecule has 0 saturated carbocycles. The topological polar surface area (TPSA) is 45.8 Å². The van der Waals surface area contributed by atoms with Gasteiger partial charge in [-0.1, -0.05) is 18.2 Å². The molecule has 1 N–H and O–H groups in total. The molecule has 1 aromatic heterocycles. The normalized spacial score (nSPS) is 10.9. The Labute approximate surface area is 112 Å². The zero-order valence-electron chi connectivity index (χ0n) is 10.6. The van der Waals surface area contributed by atoms with Gasteiger partial charge >= 0.3 is 0 Å². The van der Waals surface area contributed by atoms with Gasteiger partial charge in [0.05, 0.1) is 16.5 Å². The van der Waals surface area contributed by atoms with Crippen LogP contribution >= 0.6 is 0 Å². The number of rotatable bonds is 1. The Morgan fingerprint density at radius 1 is 1.05 bits per heavy atom. The highest BCUT2D eigenvalue weighted by Gasteiger charge is 2.15. The van der Waals surface area contributed by atoms with Crippen LogP contribution in [0.25, 0.3) is 22.3 Å². The van der Waals surface area contributed by atoms with E-state index in [-0.39, 0.29) is 22.5 Å². The molecular weight excluding hydrogens is 262 g/mol. The van der Waals surface area contributed by atoms with Crippen LogP contribution < -0.4 is 5.56 Å². The summed E-state index contributed by atoms with van der Waals surface area (Å²) in [5.41, 5.74) is 0.197. The number of halogens is 2. The maximum Gasteiger partial charge on any atom is 0.259 e. The molecule has 0 fully saturated rings. The maximum absolute atomic E-state index is 13.9. The molecule has 5 heteroatoms. The zero-order valence-corrected chi connectivity index (χ0v) is 10.6. The lowest BCUT2D eigenvalue weighted by Gasteiger charge is -2.06. The Morgan fingerprint density at radius 3 is 2.60 bits per heavy atom. The Balaban J connectivity index is 2.31. The van der Waals surface area contributed by atoms with Gasteiger partial charge in [0.1, 0.15) is 5.82 Å². The Kier molecular flexibility index (Phi) is 2.82. The van der Waals surface area contributed by atoms with Crippen LogP contribution in [0.2, 0.25) is 0 Å². The monoisotopic (exact) mass is 272 g/mol. The van der Waals surface area contributed by atoms with Gasteiger partial charge in [-0.05, 0) is 30.7 Å². The fourth-order valence-corrected chi connectivity index (χ4v) is 2.04. The smallest absolute Gasteiger partial charge is 0.259 e. The van der Waals surface area contributed by atoms with E-state index in [1.165, 1.54) is 19.1 Å². The number of fused-ring (bicyclic) bond motifs is 1. The molecule has 3 nitrogen and oxygen atoms in total. The summed E-state index contributed by atoms with van der Waals surface area (Å²) in [5.74, 6) is -1.92. The summed E-state index contributed by atoms with van der Waals surface area (Å²) in [4.78, 5) is 18.6. The Hall–Kier alpha value is -2.56. The lowest BCUT2D eigenvalue weighted by Crippen LogP contribution is -2.10. The molecule has 0 spiro atoms. The number of nitrogens with one attached hydrogen (secondary N) is 1. The van der Waals surface area contributed by atoms with Crippen LogP contribution in [0.4, 0.5) is 8.78 Å². The van der Waals surface area contributed by atoms with E-state index < -0.39 is 11.6 Å². The van der Waals surface area contributed by atoms with Gasteiger partial charge in [-0.25, -0.2) is 13.8 Å². The second-order valence-electron chi connectivity index (χ2n) is 4.49. The van der Waals surface area contributed by atoms with Crippen LogP contribution in [0.5, 0.6) is 0 Å². The highest BCUT2D eigenvalue weighted by atomic mass is 19.2. The number of aryl methyl sites for hydroxylation is 1. The van der Waals surface area contributed by atoms with Crippen LogP contribution in [-0.2, 0) is 0 Å². The number of hydrogen-bond acceptors (Lipinski definition) is 2. The minimum absolute atomic E-state index is 0.0186. The summed E-state index contributed by atoms with van der Waals surface area (Å²) in [6.07, 6.45) is 0. The molecule has 3 rings (SSSR count). The molecule has 2 aromatic carbocycles. The van der Waals surface area contributed by atoms with Crippen molar-refractivity contribution < 1.29 is 8.78 Å². The summed E-state index contributed by atoms with van der Waals surface area (Å²) in [5, 5.41) is 0.407. The van der Waals surface area contributed by atoms with E-state index in [0.29, 0.717) is 10.9 Å². The fraction of sp³-hybridized carbons (Fsp3) is 0.0667. The molecule has 3 aromatic rings. The summed E-state index contributed by atoms with van der Waals surface area (Å²) >= 11 is 0. The van der Waals surface area contributed by atoms with Crippen molar-refractivity contribution in [3.8, 4) is 11.4 Å². The number of H-pyrrole nitrogens is 1. The average molecular weight is 272 g/mol. The van der Waals surface area contributed by atoms with Gasteiger partial charge in [0.15, 0.2) is 11.6 Å². The quantitative estimate of drug-likeness (QED) is 0.739. The van der Waals surface area contributed by atoms with Crippen LogP contribution in [0.3, 0.4) is 0 Å². The first-order valence-corrected chi connectivity index (χ1v) is 6.02. The van der Waals surface area contributed by atoms with E-state index in [0.717, 1.165) is 0 Å². The van der Waals surface area contributed by atoms with Gasteiger partial charge in [0.25, 0.3) is 5.56 Å². The molecule has 100 valence electrons. The molecule has 0 aliphatic carbocycles. The van der Waals surface area contributed by atoms with Gasteiger partial charge in [0, 0.05) is 0 Å². The lowest BCUT2D eigenvalue weighted by atomic mass is 10.1. The first-order valence-electron chi connectivity index (χ1n) is 6.02. The predicted molar refractivity (Wildman–Crippen MR) is 72.5 cm³/mol. The number of aromatic nitrogens is 2. The van der Waals surface area contributed by atoms with Crippen molar-refractivity contribution in [2.24, 2.45) is 0 Å².